The van der Waals surface area contributed by atoms with Crippen LogP contribution in [0, 0.1) is 6.92 Å². The molecule has 0 amide bonds. The highest BCUT2D eigenvalue weighted by Gasteiger charge is 2.10. The van der Waals surface area contributed by atoms with Crippen molar-refractivity contribution in [3.63, 3.8) is 0 Å². The number of nitrogens with zero attached hydrogens (tertiary/aromatic N) is 1. The summed E-state index contributed by atoms with van der Waals surface area (Å²) in [6.45, 7) is 9.56. The van der Waals surface area contributed by atoms with E-state index in [9.17, 15) is 0 Å². The average Bonchev–Trinajstić information content (AvgIpc) is 2.86. The molecule has 0 atom stereocenters. The van der Waals surface area contributed by atoms with Crippen molar-refractivity contribution in [2.45, 2.75) is 46.1 Å². The smallest absolute Gasteiger partial charge is 0.194 e. The number of benzene rings is 1. The lowest BCUT2D eigenvalue weighted by Crippen LogP contribution is -2.36. The molecule has 0 aliphatic heterocycles. The summed E-state index contributed by atoms with van der Waals surface area (Å²) in [6.07, 6.45) is 3.69. The van der Waals surface area contributed by atoms with E-state index >= 15 is 0 Å². The van der Waals surface area contributed by atoms with Gasteiger partial charge in [0.1, 0.15) is 0 Å². The standard InChI is InChI=1S/C17H23BrN2O/c1-12-7-8-13(10-14(12)18)15-11-19-16(21-15)6-5-9-20-17(2,3)4/h7-8,10-11,20H,5-6,9H2,1-4H3. The predicted octanol–water partition coefficient (Wildman–Crippen LogP) is 4.73. The minimum atomic E-state index is 0.163. The maximum Gasteiger partial charge on any atom is 0.194 e. The number of oxazole rings is 1. The molecule has 0 radical (unpaired) electrons. The Labute approximate surface area is 135 Å². The molecule has 2 rings (SSSR count). The van der Waals surface area contributed by atoms with Crippen LogP contribution in [0.5, 0.6) is 0 Å². The highest BCUT2D eigenvalue weighted by atomic mass is 79.9. The Morgan fingerprint density at radius 2 is 2.05 bits per heavy atom. The Morgan fingerprint density at radius 1 is 1.29 bits per heavy atom. The van der Waals surface area contributed by atoms with Crippen LogP contribution >= 0.6 is 15.9 Å². The van der Waals surface area contributed by atoms with Gasteiger partial charge < -0.3 is 9.73 Å². The molecular formula is C17H23BrN2O. The molecule has 0 saturated carbocycles. The molecule has 0 aliphatic rings. The van der Waals surface area contributed by atoms with Crippen LogP contribution in [0.2, 0.25) is 0 Å². The van der Waals surface area contributed by atoms with Crippen LogP contribution in [0.25, 0.3) is 11.3 Å². The number of hydrogen-bond donors (Lipinski definition) is 1. The van der Waals surface area contributed by atoms with Crippen molar-refractivity contribution < 1.29 is 4.42 Å². The van der Waals surface area contributed by atoms with Crippen molar-refractivity contribution in [2.75, 3.05) is 6.54 Å². The third-order valence-electron chi connectivity index (χ3n) is 3.23. The molecule has 1 N–H and O–H groups in total. The van der Waals surface area contributed by atoms with E-state index < -0.39 is 0 Å². The highest BCUT2D eigenvalue weighted by Crippen LogP contribution is 2.26. The number of aryl methyl sites for hydroxylation is 2. The summed E-state index contributed by atoms with van der Waals surface area (Å²) in [6, 6.07) is 6.21. The fourth-order valence-corrected chi connectivity index (χ4v) is 2.39. The Bertz CT molecular complexity index is 599. The van der Waals surface area contributed by atoms with Crippen LogP contribution in [0.4, 0.5) is 0 Å². The molecular weight excluding hydrogens is 328 g/mol. The van der Waals surface area contributed by atoms with E-state index in [1.54, 1.807) is 0 Å². The maximum atomic E-state index is 5.84. The molecule has 2 aromatic rings. The van der Waals surface area contributed by atoms with Crippen molar-refractivity contribution in [1.82, 2.24) is 10.3 Å². The lowest BCUT2D eigenvalue weighted by molar-refractivity contribution is 0.412. The van der Waals surface area contributed by atoms with E-state index in [1.807, 2.05) is 6.20 Å². The summed E-state index contributed by atoms with van der Waals surface area (Å²) in [4.78, 5) is 4.37. The zero-order chi connectivity index (χ0) is 15.5. The minimum Gasteiger partial charge on any atom is -0.441 e. The van der Waals surface area contributed by atoms with Crippen molar-refractivity contribution in [3.8, 4) is 11.3 Å². The molecule has 0 unspecified atom stereocenters. The number of nitrogens with one attached hydrogen (secondary N) is 1. The van der Waals surface area contributed by atoms with Gasteiger partial charge in [0, 0.05) is 22.0 Å². The number of hydrogen-bond acceptors (Lipinski definition) is 3. The molecule has 0 fully saturated rings. The third-order valence-corrected chi connectivity index (χ3v) is 4.09. The summed E-state index contributed by atoms with van der Waals surface area (Å²) in [7, 11) is 0. The van der Waals surface area contributed by atoms with E-state index in [1.165, 1.54) is 5.56 Å². The number of aromatic nitrogens is 1. The van der Waals surface area contributed by atoms with E-state index in [4.69, 9.17) is 4.42 Å². The summed E-state index contributed by atoms with van der Waals surface area (Å²) < 4.78 is 6.93. The molecule has 3 nitrogen and oxygen atoms in total. The molecule has 114 valence electrons. The first-order chi connectivity index (χ1) is 9.85. The zero-order valence-corrected chi connectivity index (χ0v) is 14.8. The van der Waals surface area contributed by atoms with Crippen molar-refractivity contribution in [2.24, 2.45) is 0 Å². The Kier molecular flexibility index (Phi) is 5.22. The topological polar surface area (TPSA) is 38.1 Å². The van der Waals surface area contributed by atoms with Gasteiger partial charge in [0.25, 0.3) is 0 Å². The fourth-order valence-electron chi connectivity index (χ4n) is 2.01. The van der Waals surface area contributed by atoms with Gasteiger partial charge in [-0.1, -0.05) is 28.1 Å². The van der Waals surface area contributed by atoms with Crippen LogP contribution < -0.4 is 5.32 Å². The molecule has 1 aromatic carbocycles. The minimum absolute atomic E-state index is 0.163. The molecule has 0 bridgehead atoms. The summed E-state index contributed by atoms with van der Waals surface area (Å²) in [5.41, 5.74) is 2.43. The van der Waals surface area contributed by atoms with Crippen LogP contribution in [0.3, 0.4) is 0 Å². The molecule has 0 spiro atoms. The van der Waals surface area contributed by atoms with E-state index in [2.05, 4.69) is 72.1 Å². The van der Waals surface area contributed by atoms with Gasteiger partial charge in [-0.05, 0) is 52.3 Å². The first kappa shape index (κ1) is 16.2. The van der Waals surface area contributed by atoms with Gasteiger partial charge in [-0.25, -0.2) is 4.98 Å². The quantitative estimate of drug-likeness (QED) is 0.791. The normalized spacial score (nSPS) is 11.9. The van der Waals surface area contributed by atoms with E-state index in [0.29, 0.717) is 0 Å². The molecule has 1 aromatic heterocycles. The summed E-state index contributed by atoms with van der Waals surface area (Å²) >= 11 is 3.55. The molecule has 1 heterocycles. The van der Waals surface area contributed by atoms with Gasteiger partial charge in [-0.3, -0.25) is 0 Å². The second kappa shape index (κ2) is 6.75. The van der Waals surface area contributed by atoms with Crippen LogP contribution in [0.1, 0.15) is 38.6 Å². The van der Waals surface area contributed by atoms with E-state index in [0.717, 1.165) is 41.1 Å². The van der Waals surface area contributed by atoms with Gasteiger partial charge in [0.15, 0.2) is 11.7 Å². The van der Waals surface area contributed by atoms with E-state index in [-0.39, 0.29) is 5.54 Å². The average molecular weight is 351 g/mol. The fraction of sp³-hybridized carbons (Fsp3) is 0.471. The summed E-state index contributed by atoms with van der Waals surface area (Å²) in [5, 5.41) is 3.47. The highest BCUT2D eigenvalue weighted by molar-refractivity contribution is 9.10. The maximum absolute atomic E-state index is 5.84. The van der Waals surface area contributed by atoms with Gasteiger partial charge in [-0.2, -0.15) is 0 Å². The lowest BCUT2D eigenvalue weighted by Gasteiger charge is -2.20. The van der Waals surface area contributed by atoms with Crippen LogP contribution in [-0.4, -0.2) is 17.1 Å². The monoisotopic (exact) mass is 350 g/mol. The van der Waals surface area contributed by atoms with Crippen LogP contribution in [0.15, 0.2) is 33.3 Å². The van der Waals surface area contributed by atoms with Crippen molar-refractivity contribution in [1.29, 1.82) is 0 Å². The lowest BCUT2D eigenvalue weighted by atomic mass is 10.1. The second-order valence-electron chi connectivity index (χ2n) is 6.36. The first-order valence-electron chi connectivity index (χ1n) is 7.31. The zero-order valence-electron chi connectivity index (χ0n) is 13.2. The SMILES string of the molecule is Cc1ccc(-c2cnc(CCCNC(C)(C)C)o2)cc1Br. The molecule has 21 heavy (non-hydrogen) atoms. The van der Waals surface area contributed by atoms with Gasteiger partial charge >= 0.3 is 0 Å². The first-order valence-corrected chi connectivity index (χ1v) is 8.11. The number of halogens is 1. The van der Waals surface area contributed by atoms with Crippen LogP contribution in [-0.2, 0) is 6.42 Å². The molecule has 0 aliphatic carbocycles. The third kappa shape index (κ3) is 4.97. The predicted molar refractivity (Wildman–Crippen MR) is 90.5 cm³/mol. The largest absolute Gasteiger partial charge is 0.441 e. The Balaban J connectivity index is 1.93. The number of rotatable bonds is 5. The van der Waals surface area contributed by atoms with Gasteiger partial charge in [0.2, 0.25) is 0 Å². The van der Waals surface area contributed by atoms with Gasteiger partial charge in [-0.15, -0.1) is 0 Å². The Morgan fingerprint density at radius 3 is 2.71 bits per heavy atom. The Hall–Kier alpha value is -1.13. The van der Waals surface area contributed by atoms with Crippen molar-refractivity contribution >= 4 is 15.9 Å². The van der Waals surface area contributed by atoms with Crippen molar-refractivity contribution in [3.05, 3.63) is 40.3 Å². The molecule has 4 heteroatoms. The molecule has 0 saturated heterocycles. The second-order valence-corrected chi connectivity index (χ2v) is 7.22. The summed E-state index contributed by atoms with van der Waals surface area (Å²) in [5.74, 6) is 1.63. The van der Waals surface area contributed by atoms with Gasteiger partial charge in [0.05, 0.1) is 6.20 Å².